The quantitative estimate of drug-likeness (QED) is 0.721. The number of benzene rings is 2. The van der Waals surface area contributed by atoms with Gasteiger partial charge in [0.25, 0.3) is 0 Å². The van der Waals surface area contributed by atoms with E-state index in [1.807, 2.05) is 55.5 Å². The Bertz CT molecular complexity index is 835. The number of nitrogens with zero attached hydrogens (tertiary/aromatic N) is 1. The average molecular weight is 394 g/mol. The van der Waals surface area contributed by atoms with Gasteiger partial charge in [-0.05, 0) is 69.9 Å². The van der Waals surface area contributed by atoms with E-state index in [-0.39, 0.29) is 11.8 Å². The number of carbonyl (C=O) groups is 2. The fourth-order valence-electron chi connectivity index (χ4n) is 3.41. The lowest BCUT2D eigenvalue weighted by molar-refractivity contribution is -0.138. The number of carbonyl (C=O) groups excluding carboxylic acids is 2. The van der Waals surface area contributed by atoms with E-state index in [9.17, 15) is 9.59 Å². The Kier molecular flexibility index (Phi) is 6.57. The molecule has 0 saturated carbocycles. The molecule has 2 N–H and O–H groups in total. The van der Waals surface area contributed by atoms with Gasteiger partial charge in [0.15, 0.2) is 0 Å². The number of hydrogen-bond donors (Lipinski definition) is 2. The van der Waals surface area contributed by atoms with Crippen molar-refractivity contribution < 1.29 is 9.59 Å². The van der Waals surface area contributed by atoms with E-state index in [0.717, 1.165) is 18.7 Å². The fourth-order valence-corrected chi connectivity index (χ4v) is 3.41. The second-order valence-corrected chi connectivity index (χ2v) is 8.34. The monoisotopic (exact) mass is 393 g/mol. The van der Waals surface area contributed by atoms with E-state index in [2.05, 4.69) is 15.5 Å². The zero-order chi connectivity index (χ0) is 20.9. The number of piperidine rings is 1. The standard InChI is InChI=1S/C24H31N3O2/c1-18-7-9-19(10-8-18)17-25-22(28)24(2,3)23(29)26-20-11-13-21(14-12-20)27-15-5-4-6-16-27/h7-14H,4-6,15-17H2,1-3H3,(H,25,28)(H,26,29). The maximum atomic E-state index is 12.7. The van der Waals surface area contributed by atoms with Gasteiger partial charge < -0.3 is 15.5 Å². The summed E-state index contributed by atoms with van der Waals surface area (Å²) in [5.41, 5.74) is 2.89. The molecule has 0 aromatic heterocycles. The average Bonchev–Trinajstić information content (AvgIpc) is 2.74. The van der Waals surface area contributed by atoms with Crippen LogP contribution in [0, 0.1) is 12.3 Å². The van der Waals surface area contributed by atoms with Crippen LogP contribution < -0.4 is 15.5 Å². The summed E-state index contributed by atoms with van der Waals surface area (Å²) in [6.07, 6.45) is 3.75. The third-order valence-corrected chi connectivity index (χ3v) is 5.56. The summed E-state index contributed by atoms with van der Waals surface area (Å²) in [5, 5.41) is 5.75. The highest BCUT2D eigenvalue weighted by Crippen LogP contribution is 2.24. The number of anilines is 2. The molecule has 29 heavy (non-hydrogen) atoms. The highest BCUT2D eigenvalue weighted by molar-refractivity contribution is 6.09. The second-order valence-electron chi connectivity index (χ2n) is 8.34. The molecule has 2 aromatic rings. The molecular weight excluding hydrogens is 362 g/mol. The van der Waals surface area contributed by atoms with E-state index < -0.39 is 5.41 Å². The van der Waals surface area contributed by atoms with Crippen LogP contribution in [-0.4, -0.2) is 24.9 Å². The van der Waals surface area contributed by atoms with Crippen LogP contribution in [-0.2, 0) is 16.1 Å². The van der Waals surface area contributed by atoms with Crippen molar-refractivity contribution in [3.05, 3.63) is 59.7 Å². The highest BCUT2D eigenvalue weighted by atomic mass is 16.2. The molecule has 1 aliphatic rings. The van der Waals surface area contributed by atoms with Crippen molar-refractivity contribution in [1.29, 1.82) is 0 Å². The van der Waals surface area contributed by atoms with E-state index in [1.165, 1.54) is 30.5 Å². The molecule has 3 rings (SSSR count). The SMILES string of the molecule is Cc1ccc(CNC(=O)C(C)(C)C(=O)Nc2ccc(N3CCCCC3)cc2)cc1. The van der Waals surface area contributed by atoms with Crippen LogP contribution in [0.3, 0.4) is 0 Å². The van der Waals surface area contributed by atoms with Gasteiger partial charge in [-0.15, -0.1) is 0 Å². The van der Waals surface area contributed by atoms with E-state index in [0.29, 0.717) is 12.2 Å². The Morgan fingerprint density at radius 2 is 1.52 bits per heavy atom. The first-order valence-electron chi connectivity index (χ1n) is 10.4. The zero-order valence-electron chi connectivity index (χ0n) is 17.6. The number of hydrogen-bond acceptors (Lipinski definition) is 3. The molecule has 1 aliphatic heterocycles. The van der Waals surface area contributed by atoms with Crippen molar-refractivity contribution in [3.63, 3.8) is 0 Å². The molecule has 0 unspecified atom stereocenters. The van der Waals surface area contributed by atoms with Gasteiger partial charge in [-0.1, -0.05) is 29.8 Å². The minimum absolute atomic E-state index is 0.291. The van der Waals surface area contributed by atoms with Crippen LogP contribution in [0.15, 0.2) is 48.5 Å². The normalized spacial score (nSPS) is 14.4. The minimum Gasteiger partial charge on any atom is -0.372 e. The lowest BCUT2D eigenvalue weighted by Gasteiger charge is -2.29. The molecule has 0 bridgehead atoms. The summed E-state index contributed by atoms with van der Waals surface area (Å²) in [6.45, 7) is 7.89. The number of aryl methyl sites for hydroxylation is 1. The van der Waals surface area contributed by atoms with Crippen LogP contribution in [0.2, 0.25) is 0 Å². The molecule has 154 valence electrons. The van der Waals surface area contributed by atoms with Crippen LogP contribution in [0.4, 0.5) is 11.4 Å². The Morgan fingerprint density at radius 1 is 0.897 bits per heavy atom. The first-order valence-corrected chi connectivity index (χ1v) is 10.4. The summed E-state index contributed by atoms with van der Waals surface area (Å²) in [5.74, 6) is -0.606. The van der Waals surface area contributed by atoms with Crippen LogP contribution in [0.1, 0.15) is 44.2 Å². The van der Waals surface area contributed by atoms with Crippen molar-refractivity contribution in [2.45, 2.75) is 46.6 Å². The molecule has 1 fully saturated rings. The van der Waals surface area contributed by atoms with Crippen molar-refractivity contribution >= 4 is 23.2 Å². The van der Waals surface area contributed by atoms with Crippen molar-refractivity contribution in [2.24, 2.45) is 5.41 Å². The fraction of sp³-hybridized carbons (Fsp3) is 0.417. The smallest absolute Gasteiger partial charge is 0.239 e. The van der Waals surface area contributed by atoms with Gasteiger partial charge in [-0.2, -0.15) is 0 Å². The van der Waals surface area contributed by atoms with Crippen molar-refractivity contribution in [3.8, 4) is 0 Å². The highest BCUT2D eigenvalue weighted by Gasteiger charge is 2.36. The molecule has 0 atom stereocenters. The summed E-state index contributed by atoms with van der Waals surface area (Å²) in [6, 6.07) is 15.8. The van der Waals surface area contributed by atoms with Crippen molar-refractivity contribution in [2.75, 3.05) is 23.3 Å². The van der Waals surface area contributed by atoms with Gasteiger partial charge in [-0.3, -0.25) is 9.59 Å². The van der Waals surface area contributed by atoms with E-state index in [1.54, 1.807) is 13.8 Å². The van der Waals surface area contributed by atoms with Gasteiger partial charge in [-0.25, -0.2) is 0 Å². The Labute approximate surface area is 173 Å². The predicted octanol–water partition coefficient (Wildman–Crippen LogP) is 4.27. The van der Waals surface area contributed by atoms with Gasteiger partial charge in [0.05, 0.1) is 0 Å². The summed E-state index contributed by atoms with van der Waals surface area (Å²) < 4.78 is 0. The maximum absolute atomic E-state index is 12.7. The topological polar surface area (TPSA) is 61.4 Å². The first kappa shape index (κ1) is 20.9. The van der Waals surface area contributed by atoms with Crippen LogP contribution in [0.25, 0.3) is 0 Å². The molecule has 1 heterocycles. The second kappa shape index (κ2) is 9.12. The minimum atomic E-state index is -1.17. The Balaban J connectivity index is 1.56. The number of rotatable bonds is 6. The molecular formula is C24H31N3O2. The van der Waals surface area contributed by atoms with Crippen molar-refractivity contribution in [1.82, 2.24) is 5.32 Å². The summed E-state index contributed by atoms with van der Waals surface area (Å²) in [7, 11) is 0. The molecule has 5 heteroatoms. The predicted molar refractivity (Wildman–Crippen MR) is 118 cm³/mol. The lowest BCUT2D eigenvalue weighted by Crippen LogP contribution is -2.44. The Hall–Kier alpha value is -2.82. The molecule has 0 aliphatic carbocycles. The number of amides is 2. The third kappa shape index (κ3) is 5.37. The first-order chi connectivity index (χ1) is 13.9. The Morgan fingerprint density at radius 3 is 2.14 bits per heavy atom. The van der Waals surface area contributed by atoms with Gasteiger partial charge in [0.2, 0.25) is 11.8 Å². The van der Waals surface area contributed by atoms with E-state index >= 15 is 0 Å². The van der Waals surface area contributed by atoms with Gasteiger partial charge in [0, 0.05) is 31.0 Å². The van der Waals surface area contributed by atoms with E-state index in [4.69, 9.17) is 0 Å². The lowest BCUT2D eigenvalue weighted by atomic mass is 9.90. The summed E-state index contributed by atoms with van der Waals surface area (Å²) >= 11 is 0. The molecule has 1 saturated heterocycles. The number of nitrogens with one attached hydrogen (secondary N) is 2. The van der Waals surface area contributed by atoms with Gasteiger partial charge >= 0.3 is 0 Å². The third-order valence-electron chi connectivity index (χ3n) is 5.56. The molecule has 0 spiro atoms. The summed E-state index contributed by atoms with van der Waals surface area (Å²) in [4.78, 5) is 27.7. The molecule has 5 nitrogen and oxygen atoms in total. The zero-order valence-corrected chi connectivity index (χ0v) is 17.6. The maximum Gasteiger partial charge on any atom is 0.239 e. The van der Waals surface area contributed by atoms with Gasteiger partial charge in [0.1, 0.15) is 5.41 Å². The van der Waals surface area contributed by atoms with Crippen LogP contribution in [0.5, 0.6) is 0 Å². The van der Waals surface area contributed by atoms with Crippen LogP contribution >= 0.6 is 0 Å². The molecule has 2 aromatic carbocycles. The molecule has 0 radical (unpaired) electrons. The molecule has 2 amide bonds. The largest absolute Gasteiger partial charge is 0.372 e.